The summed E-state index contributed by atoms with van der Waals surface area (Å²) in [6, 6.07) is 7.47. The van der Waals surface area contributed by atoms with Gasteiger partial charge in [-0.3, -0.25) is 0 Å². The minimum atomic E-state index is -0.627. The summed E-state index contributed by atoms with van der Waals surface area (Å²) < 4.78 is 17.4. The Morgan fingerprint density at radius 2 is 2.02 bits per heavy atom. The smallest absolute Gasteiger partial charge is 0.319 e. The number of rotatable bonds is 10. The van der Waals surface area contributed by atoms with Crippen molar-refractivity contribution in [2.24, 2.45) is 0 Å². The van der Waals surface area contributed by atoms with Crippen molar-refractivity contribution in [1.82, 2.24) is 30.2 Å². The highest BCUT2D eigenvalue weighted by Gasteiger charge is 2.28. The first-order valence-electron chi connectivity index (χ1n) is 13.8. The first-order valence-corrected chi connectivity index (χ1v) is 13.8. The second-order valence-corrected chi connectivity index (χ2v) is 10.6. The van der Waals surface area contributed by atoms with Gasteiger partial charge in [-0.05, 0) is 40.0 Å². The van der Waals surface area contributed by atoms with E-state index < -0.39 is 6.10 Å². The number of amides is 2. The third-order valence-corrected chi connectivity index (χ3v) is 6.99. The van der Waals surface area contributed by atoms with Crippen LogP contribution >= 0.6 is 0 Å². The zero-order valence-electron chi connectivity index (χ0n) is 25.0. The lowest BCUT2D eigenvalue weighted by atomic mass is 10.0. The second kappa shape index (κ2) is 13.3. The molecule has 222 valence electrons. The van der Waals surface area contributed by atoms with Crippen LogP contribution in [0.25, 0.3) is 22.6 Å². The molecule has 41 heavy (non-hydrogen) atoms. The normalized spacial score (nSPS) is 16.0. The van der Waals surface area contributed by atoms with Gasteiger partial charge in [-0.15, -0.1) is 0 Å². The number of ether oxygens (including phenoxy) is 2. The van der Waals surface area contributed by atoms with E-state index in [2.05, 4.69) is 15.4 Å². The SMILES string of the molecule is CNCC(O)COc1cccc(-c2nc(-c3c(C)noc3C)c(C)c(N3CCO[C@H](CN(C)C(=O)N(C)C)C3)n2)c1. The van der Waals surface area contributed by atoms with E-state index in [-0.39, 0.29) is 18.7 Å². The quantitative estimate of drug-likeness (QED) is 0.377. The van der Waals surface area contributed by atoms with Crippen molar-refractivity contribution in [2.75, 3.05) is 72.5 Å². The number of hydrogen-bond acceptors (Lipinski definition) is 10. The lowest BCUT2D eigenvalue weighted by Crippen LogP contribution is -2.49. The molecule has 1 unspecified atom stereocenters. The van der Waals surface area contributed by atoms with Crippen LogP contribution in [0.5, 0.6) is 5.75 Å². The van der Waals surface area contributed by atoms with Gasteiger partial charge < -0.3 is 39.1 Å². The molecule has 1 aliphatic heterocycles. The average Bonchev–Trinajstić information content (AvgIpc) is 3.29. The van der Waals surface area contributed by atoms with Gasteiger partial charge in [0.1, 0.15) is 30.0 Å². The number of hydrogen-bond donors (Lipinski definition) is 2. The molecule has 2 N–H and O–H groups in total. The van der Waals surface area contributed by atoms with E-state index in [0.717, 1.165) is 33.9 Å². The van der Waals surface area contributed by atoms with Gasteiger partial charge in [0, 0.05) is 51.9 Å². The zero-order chi connectivity index (χ0) is 29.7. The molecule has 0 aliphatic carbocycles. The number of aliphatic hydroxyl groups excluding tert-OH is 1. The molecule has 0 bridgehead atoms. The van der Waals surface area contributed by atoms with E-state index in [4.69, 9.17) is 24.0 Å². The van der Waals surface area contributed by atoms with E-state index in [9.17, 15) is 9.90 Å². The number of benzene rings is 1. The minimum Gasteiger partial charge on any atom is -0.491 e. The number of urea groups is 1. The Bertz CT molecular complexity index is 1330. The summed E-state index contributed by atoms with van der Waals surface area (Å²) in [4.78, 5) is 27.9. The van der Waals surface area contributed by atoms with Gasteiger partial charge in [-0.25, -0.2) is 14.8 Å². The molecule has 2 atom stereocenters. The van der Waals surface area contributed by atoms with E-state index in [1.54, 1.807) is 38.0 Å². The van der Waals surface area contributed by atoms with Gasteiger partial charge in [-0.2, -0.15) is 0 Å². The Labute approximate surface area is 241 Å². The van der Waals surface area contributed by atoms with Crippen LogP contribution in [0.15, 0.2) is 28.8 Å². The van der Waals surface area contributed by atoms with E-state index >= 15 is 0 Å². The molecule has 3 aromatic rings. The maximum absolute atomic E-state index is 12.4. The van der Waals surface area contributed by atoms with Gasteiger partial charge in [0.15, 0.2) is 5.82 Å². The number of aryl methyl sites for hydroxylation is 2. The summed E-state index contributed by atoms with van der Waals surface area (Å²) in [7, 11) is 7.03. The molecule has 1 saturated heterocycles. The Kier molecular flexibility index (Phi) is 9.79. The number of morpholine rings is 1. The Morgan fingerprint density at radius 3 is 2.71 bits per heavy atom. The van der Waals surface area contributed by atoms with Crippen LogP contribution in [-0.4, -0.2) is 116 Å². The van der Waals surface area contributed by atoms with Crippen LogP contribution in [0.1, 0.15) is 17.0 Å². The van der Waals surface area contributed by atoms with Crippen molar-refractivity contribution in [3.8, 4) is 28.4 Å². The molecular weight excluding hydrogens is 526 g/mol. The number of carbonyl (C=O) groups is 1. The predicted molar refractivity (Wildman–Crippen MR) is 156 cm³/mol. The summed E-state index contributed by atoms with van der Waals surface area (Å²) in [5.41, 5.74) is 4.03. The van der Waals surface area contributed by atoms with Crippen molar-refractivity contribution in [1.29, 1.82) is 0 Å². The third kappa shape index (κ3) is 7.13. The fourth-order valence-corrected chi connectivity index (χ4v) is 4.97. The maximum Gasteiger partial charge on any atom is 0.319 e. The molecule has 3 heterocycles. The Morgan fingerprint density at radius 1 is 1.24 bits per heavy atom. The monoisotopic (exact) mass is 567 g/mol. The highest BCUT2D eigenvalue weighted by atomic mass is 16.5. The van der Waals surface area contributed by atoms with Gasteiger partial charge in [0.2, 0.25) is 0 Å². The standard InChI is InChI=1S/C29H41N7O5/c1-18-26(25-19(2)33-41-20(25)3)31-27(21-9-8-10-23(13-21)40-17-22(37)14-30-4)32-28(18)36-11-12-39-24(16-36)15-35(7)29(38)34(5)6/h8-10,13,22,24,30,37H,11-12,14-17H2,1-7H3/t22?,24-/m1/s1. The predicted octanol–water partition coefficient (Wildman–Crippen LogP) is 2.50. The first-order chi connectivity index (χ1) is 19.6. The molecular formula is C29H41N7O5. The molecule has 4 rings (SSSR count). The lowest BCUT2D eigenvalue weighted by molar-refractivity contribution is 0.0241. The molecule has 2 aromatic heterocycles. The molecule has 1 aromatic carbocycles. The van der Waals surface area contributed by atoms with Gasteiger partial charge in [0.05, 0.1) is 36.2 Å². The maximum atomic E-state index is 12.4. The van der Waals surface area contributed by atoms with Crippen molar-refractivity contribution < 1.29 is 23.9 Å². The van der Waals surface area contributed by atoms with Gasteiger partial charge in [0.25, 0.3) is 0 Å². The van der Waals surface area contributed by atoms with Crippen molar-refractivity contribution in [3.63, 3.8) is 0 Å². The van der Waals surface area contributed by atoms with Crippen LogP contribution in [-0.2, 0) is 4.74 Å². The number of aliphatic hydroxyl groups is 1. The van der Waals surface area contributed by atoms with Crippen molar-refractivity contribution in [2.45, 2.75) is 33.0 Å². The van der Waals surface area contributed by atoms with Crippen LogP contribution in [0.2, 0.25) is 0 Å². The molecule has 12 nitrogen and oxygen atoms in total. The van der Waals surface area contributed by atoms with Gasteiger partial charge in [-0.1, -0.05) is 17.3 Å². The van der Waals surface area contributed by atoms with Gasteiger partial charge >= 0.3 is 6.03 Å². The lowest BCUT2D eigenvalue weighted by Gasteiger charge is -2.36. The van der Waals surface area contributed by atoms with Crippen LogP contribution in [0, 0.1) is 20.8 Å². The molecule has 0 radical (unpaired) electrons. The molecule has 2 amide bonds. The topological polar surface area (TPSA) is 129 Å². The molecule has 0 saturated carbocycles. The molecule has 0 spiro atoms. The van der Waals surface area contributed by atoms with E-state index in [0.29, 0.717) is 50.1 Å². The molecule has 1 fully saturated rings. The summed E-state index contributed by atoms with van der Waals surface area (Å²) >= 11 is 0. The minimum absolute atomic E-state index is 0.0764. The van der Waals surface area contributed by atoms with Crippen LogP contribution < -0.4 is 15.0 Å². The number of likely N-dealkylation sites (N-methyl/N-ethyl adjacent to an activating group) is 2. The van der Waals surface area contributed by atoms with Crippen LogP contribution in [0.3, 0.4) is 0 Å². The Balaban J connectivity index is 1.70. The summed E-state index contributed by atoms with van der Waals surface area (Å²) in [5, 5.41) is 17.2. The zero-order valence-corrected chi connectivity index (χ0v) is 25.0. The molecule has 1 aliphatic rings. The van der Waals surface area contributed by atoms with E-state index in [1.807, 2.05) is 45.0 Å². The summed E-state index contributed by atoms with van der Waals surface area (Å²) in [5.74, 6) is 2.61. The summed E-state index contributed by atoms with van der Waals surface area (Å²) in [6.45, 7) is 8.56. The Hall–Kier alpha value is -3.74. The largest absolute Gasteiger partial charge is 0.491 e. The van der Waals surface area contributed by atoms with Crippen LogP contribution in [0.4, 0.5) is 10.6 Å². The number of nitrogens with one attached hydrogen (secondary N) is 1. The fraction of sp³-hybridized carbons (Fsp3) is 0.517. The van der Waals surface area contributed by atoms with E-state index in [1.165, 1.54) is 0 Å². The summed E-state index contributed by atoms with van der Waals surface area (Å²) in [6.07, 6.45) is -0.808. The number of nitrogens with zero attached hydrogens (tertiary/aromatic N) is 6. The fourth-order valence-electron chi connectivity index (χ4n) is 4.97. The second-order valence-electron chi connectivity index (χ2n) is 10.6. The number of carbonyl (C=O) groups excluding carboxylic acids is 1. The number of anilines is 1. The van der Waals surface area contributed by atoms with Crippen molar-refractivity contribution in [3.05, 3.63) is 41.3 Å². The van der Waals surface area contributed by atoms with Crippen molar-refractivity contribution >= 4 is 11.8 Å². The third-order valence-electron chi connectivity index (χ3n) is 6.99. The number of aromatic nitrogens is 3. The highest BCUT2D eigenvalue weighted by Crippen LogP contribution is 2.35. The molecule has 12 heteroatoms. The first kappa shape index (κ1) is 30.2. The highest BCUT2D eigenvalue weighted by molar-refractivity contribution is 5.75. The average molecular weight is 568 g/mol.